The summed E-state index contributed by atoms with van der Waals surface area (Å²) in [5.41, 5.74) is 4.20. The van der Waals surface area contributed by atoms with Crippen molar-refractivity contribution in [3.05, 3.63) is 69.1 Å². The van der Waals surface area contributed by atoms with Gasteiger partial charge < -0.3 is 14.6 Å². The zero-order valence-electron chi connectivity index (χ0n) is 21.7. The van der Waals surface area contributed by atoms with E-state index in [1.54, 1.807) is 6.08 Å². The SMILES string of the molecule is Cc1c(C)c2c(c(C)c1O)CCC(C)(COc1ccc3cc(/C=C4\SC(=O)N(C)C4=O)ccc3c1)O2.[Y]. The van der Waals surface area contributed by atoms with Crippen LogP contribution >= 0.6 is 11.8 Å². The van der Waals surface area contributed by atoms with E-state index in [9.17, 15) is 14.7 Å². The Hall–Kier alpha value is -2.35. The number of nitrogens with zero attached hydrogens (tertiary/aromatic N) is 1. The van der Waals surface area contributed by atoms with Gasteiger partial charge in [0.2, 0.25) is 0 Å². The van der Waals surface area contributed by atoms with Gasteiger partial charge in [-0.3, -0.25) is 14.5 Å². The number of benzene rings is 3. The number of phenols is 1. The van der Waals surface area contributed by atoms with Crippen LogP contribution in [0.5, 0.6) is 17.2 Å². The number of aromatic hydroxyl groups is 1. The number of hydrogen-bond acceptors (Lipinski definition) is 6. The number of phenolic OH excluding ortho intramolecular Hbond substituents is 1. The van der Waals surface area contributed by atoms with Gasteiger partial charge in [0.15, 0.2) is 0 Å². The Kier molecular flexibility index (Phi) is 7.80. The van der Waals surface area contributed by atoms with Crippen LogP contribution in [0.3, 0.4) is 0 Å². The molecule has 2 amide bonds. The Balaban J connectivity index is 0.00000320. The van der Waals surface area contributed by atoms with Crippen molar-refractivity contribution < 1.29 is 56.9 Å². The van der Waals surface area contributed by atoms with E-state index in [2.05, 4.69) is 6.92 Å². The molecule has 37 heavy (non-hydrogen) atoms. The molecule has 0 aliphatic carbocycles. The summed E-state index contributed by atoms with van der Waals surface area (Å²) in [6, 6.07) is 11.8. The number of carbonyl (C=O) groups is 2. The molecular weight excluding hydrogens is 563 g/mol. The minimum atomic E-state index is -0.477. The molecule has 189 valence electrons. The molecule has 1 saturated heterocycles. The molecule has 0 spiro atoms. The van der Waals surface area contributed by atoms with Crippen LogP contribution in [0.1, 0.15) is 41.2 Å². The van der Waals surface area contributed by atoms with Crippen LogP contribution in [0.2, 0.25) is 0 Å². The van der Waals surface area contributed by atoms with E-state index in [4.69, 9.17) is 9.47 Å². The number of likely N-dealkylation sites (N-methyl/N-ethyl adjacent to an activating group) is 1. The quantitative estimate of drug-likeness (QED) is 0.359. The molecule has 1 N–H and O–H groups in total. The first-order valence-corrected chi connectivity index (χ1v) is 12.8. The molecule has 1 fully saturated rings. The fourth-order valence-corrected chi connectivity index (χ4v) is 5.58. The van der Waals surface area contributed by atoms with Crippen LogP contribution in [0, 0.1) is 20.8 Å². The second-order valence-electron chi connectivity index (χ2n) is 9.88. The molecule has 2 heterocycles. The Morgan fingerprint density at radius 3 is 2.49 bits per heavy atom. The summed E-state index contributed by atoms with van der Waals surface area (Å²) in [7, 11) is 1.49. The average molecular weight is 593 g/mol. The Labute approximate surface area is 246 Å². The third kappa shape index (κ3) is 5.18. The van der Waals surface area contributed by atoms with E-state index in [0.29, 0.717) is 17.3 Å². The summed E-state index contributed by atoms with van der Waals surface area (Å²) in [5.74, 6) is 1.71. The molecule has 0 aromatic heterocycles. The smallest absolute Gasteiger partial charge is 0.293 e. The average Bonchev–Trinajstić information content (AvgIpc) is 3.11. The fourth-order valence-electron chi connectivity index (χ4n) is 4.75. The van der Waals surface area contributed by atoms with Gasteiger partial charge in [-0.1, -0.05) is 18.2 Å². The summed E-state index contributed by atoms with van der Waals surface area (Å²) >= 11 is 0.957. The van der Waals surface area contributed by atoms with Gasteiger partial charge in [0, 0.05) is 45.3 Å². The van der Waals surface area contributed by atoms with Gasteiger partial charge in [-0.05, 0) is 110 Å². The topological polar surface area (TPSA) is 76.1 Å². The maximum absolute atomic E-state index is 12.2. The van der Waals surface area contributed by atoms with Crippen molar-refractivity contribution in [1.82, 2.24) is 4.90 Å². The van der Waals surface area contributed by atoms with Crippen LogP contribution in [-0.2, 0) is 43.9 Å². The van der Waals surface area contributed by atoms with Gasteiger partial charge in [-0.2, -0.15) is 0 Å². The van der Waals surface area contributed by atoms with E-state index in [1.807, 2.05) is 57.2 Å². The number of rotatable bonds is 4. The van der Waals surface area contributed by atoms with Gasteiger partial charge in [-0.25, -0.2) is 0 Å². The Morgan fingerprint density at radius 2 is 1.78 bits per heavy atom. The van der Waals surface area contributed by atoms with Gasteiger partial charge in [0.25, 0.3) is 11.1 Å². The largest absolute Gasteiger partial charge is 0.507 e. The third-order valence-electron chi connectivity index (χ3n) is 7.26. The summed E-state index contributed by atoms with van der Waals surface area (Å²) in [6.07, 6.45) is 3.37. The van der Waals surface area contributed by atoms with Gasteiger partial charge in [0.1, 0.15) is 29.5 Å². The number of thioether (sulfide) groups is 1. The van der Waals surface area contributed by atoms with Crippen molar-refractivity contribution in [3.63, 3.8) is 0 Å². The summed E-state index contributed by atoms with van der Waals surface area (Å²) in [4.78, 5) is 25.5. The van der Waals surface area contributed by atoms with Crippen molar-refractivity contribution in [2.75, 3.05) is 13.7 Å². The second-order valence-corrected chi connectivity index (χ2v) is 10.9. The number of ether oxygens (including phenoxy) is 2. The minimum absolute atomic E-state index is 0. The first kappa shape index (κ1) is 27.7. The number of fused-ring (bicyclic) bond motifs is 2. The molecule has 5 rings (SSSR count). The first-order chi connectivity index (χ1) is 17.1. The van der Waals surface area contributed by atoms with E-state index in [0.717, 1.165) is 79.6 Å². The zero-order chi connectivity index (χ0) is 25.8. The van der Waals surface area contributed by atoms with Gasteiger partial charge in [0.05, 0.1) is 4.91 Å². The number of hydrogen-bond donors (Lipinski definition) is 1. The first-order valence-electron chi connectivity index (χ1n) is 11.9. The van der Waals surface area contributed by atoms with Crippen LogP contribution in [0.4, 0.5) is 4.79 Å². The van der Waals surface area contributed by atoms with E-state index < -0.39 is 5.60 Å². The van der Waals surface area contributed by atoms with Crippen molar-refractivity contribution in [1.29, 1.82) is 0 Å². The molecule has 1 unspecified atom stereocenters. The molecule has 2 aliphatic heterocycles. The standard InChI is InChI=1S/C29H29NO5S.Y/c1-16-17(2)26-23(18(3)25(16)31)10-11-29(4,35-26)15-34-22-9-8-20-12-19(6-7-21(20)14-22)13-24-27(32)30(5)28(33)36-24;/h6-9,12-14,31H,10-11,15H2,1-5H3;/b24-13-;. The summed E-state index contributed by atoms with van der Waals surface area (Å²) in [5, 5.41) is 12.2. The summed E-state index contributed by atoms with van der Waals surface area (Å²) < 4.78 is 12.7. The maximum atomic E-state index is 12.2. The Bertz CT molecular complexity index is 1470. The molecular formula is C29H29NO5SY. The van der Waals surface area contributed by atoms with Crippen LogP contribution in [-0.4, -0.2) is 40.4 Å². The van der Waals surface area contributed by atoms with Crippen molar-refractivity contribution >= 4 is 39.8 Å². The number of imide groups is 1. The number of amides is 2. The molecule has 0 bridgehead atoms. The van der Waals surface area contributed by atoms with Crippen LogP contribution in [0.15, 0.2) is 41.3 Å². The molecule has 0 saturated carbocycles. The zero-order valence-corrected chi connectivity index (χ0v) is 25.3. The molecule has 2 aliphatic rings. The van der Waals surface area contributed by atoms with Crippen LogP contribution in [0.25, 0.3) is 16.8 Å². The van der Waals surface area contributed by atoms with E-state index >= 15 is 0 Å². The van der Waals surface area contributed by atoms with E-state index in [-0.39, 0.29) is 43.9 Å². The Morgan fingerprint density at radius 1 is 1.08 bits per heavy atom. The molecule has 3 aromatic rings. The third-order valence-corrected chi connectivity index (χ3v) is 8.22. The van der Waals surface area contributed by atoms with Gasteiger partial charge in [-0.15, -0.1) is 0 Å². The monoisotopic (exact) mass is 592 g/mol. The molecule has 1 atom stereocenters. The van der Waals surface area contributed by atoms with Crippen molar-refractivity contribution in [3.8, 4) is 17.2 Å². The second kappa shape index (κ2) is 10.4. The minimum Gasteiger partial charge on any atom is -0.507 e. The number of carbonyl (C=O) groups excluding carboxylic acids is 2. The molecule has 6 nitrogen and oxygen atoms in total. The summed E-state index contributed by atoms with van der Waals surface area (Å²) in [6.45, 7) is 8.33. The predicted octanol–water partition coefficient (Wildman–Crippen LogP) is 6.30. The van der Waals surface area contributed by atoms with E-state index in [1.165, 1.54) is 7.05 Å². The van der Waals surface area contributed by atoms with Gasteiger partial charge >= 0.3 is 0 Å². The normalized spacial score (nSPS) is 20.1. The van der Waals surface area contributed by atoms with Crippen LogP contribution < -0.4 is 9.47 Å². The molecule has 8 heteroatoms. The molecule has 3 aromatic carbocycles. The fraction of sp³-hybridized carbons (Fsp3) is 0.310. The van der Waals surface area contributed by atoms with Crippen molar-refractivity contribution in [2.45, 2.75) is 46.1 Å². The molecule has 1 radical (unpaired) electrons. The maximum Gasteiger partial charge on any atom is 0.293 e. The predicted molar refractivity (Wildman–Crippen MR) is 143 cm³/mol. The van der Waals surface area contributed by atoms with Crippen molar-refractivity contribution in [2.24, 2.45) is 0 Å².